The topological polar surface area (TPSA) is 108 Å². The third-order valence-corrected chi connectivity index (χ3v) is 5.33. The monoisotopic (exact) mass is 437 g/mol. The maximum atomic E-state index is 12.3. The number of benzene rings is 2. The van der Waals surface area contributed by atoms with Crippen LogP contribution < -0.4 is 14.2 Å². The highest BCUT2D eigenvalue weighted by Gasteiger charge is 2.11. The Balaban J connectivity index is 1.33. The third kappa shape index (κ3) is 5.80. The van der Waals surface area contributed by atoms with Crippen LogP contribution in [0.2, 0.25) is 0 Å². The predicted octanol–water partition coefficient (Wildman–Crippen LogP) is 3.28. The fraction of sp³-hybridized carbons (Fsp3) is 0.0952. The minimum atomic E-state index is -3.55. The van der Waals surface area contributed by atoms with Crippen LogP contribution in [-0.4, -0.2) is 40.5 Å². The third-order valence-electron chi connectivity index (χ3n) is 4.08. The van der Waals surface area contributed by atoms with Gasteiger partial charge in [0.05, 0.1) is 0 Å². The quantitative estimate of drug-likeness (QED) is 0.428. The Morgan fingerprint density at radius 3 is 2.48 bits per heavy atom. The molecule has 0 aliphatic carbocycles. The Morgan fingerprint density at radius 2 is 1.74 bits per heavy atom. The number of hydrogen-bond donors (Lipinski definition) is 1. The van der Waals surface area contributed by atoms with E-state index in [0.717, 1.165) is 0 Å². The Labute approximate surface area is 179 Å². The molecule has 0 unspecified atom stereocenters. The fourth-order valence-electron chi connectivity index (χ4n) is 2.64. The highest BCUT2D eigenvalue weighted by molar-refractivity contribution is 7.92. The number of anilines is 1. The van der Waals surface area contributed by atoms with Crippen LogP contribution in [0.15, 0.2) is 85.5 Å². The molecule has 158 valence electrons. The maximum Gasteiger partial charge on any atom is 0.236 e. The lowest BCUT2D eigenvalue weighted by Crippen LogP contribution is -2.21. The van der Waals surface area contributed by atoms with Crippen LogP contribution in [0.3, 0.4) is 0 Å². The molecule has 0 radical (unpaired) electrons. The van der Waals surface area contributed by atoms with Crippen molar-refractivity contribution >= 4 is 15.7 Å². The van der Waals surface area contributed by atoms with Crippen LogP contribution in [0.1, 0.15) is 0 Å². The van der Waals surface area contributed by atoms with Crippen molar-refractivity contribution in [3.8, 4) is 23.2 Å². The van der Waals surface area contributed by atoms with Gasteiger partial charge in [0, 0.05) is 24.1 Å². The standard InChI is InChI=1S/C21H19N5O4S/c27-31(28,14-13-29-18-5-2-1-3-6-18)25-17-7-9-19(10-8-17)30-21-15-20(22-16-23-21)26-12-4-11-24-26/h1-12,15-16,25H,13-14H2. The van der Waals surface area contributed by atoms with Gasteiger partial charge < -0.3 is 9.47 Å². The molecule has 0 saturated carbocycles. The van der Waals surface area contributed by atoms with Gasteiger partial charge in [0.1, 0.15) is 30.2 Å². The first kappa shape index (κ1) is 20.4. The van der Waals surface area contributed by atoms with Gasteiger partial charge in [-0.3, -0.25) is 4.72 Å². The second-order valence-corrected chi connectivity index (χ2v) is 8.22. The number of hydrogen-bond acceptors (Lipinski definition) is 7. The van der Waals surface area contributed by atoms with Gasteiger partial charge in [-0.05, 0) is 42.5 Å². The predicted molar refractivity (Wildman–Crippen MR) is 115 cm³/mol. The molecular weight excluding hydrogens is 418 g/mol. The van der Waals surface area contributed by atoms with Gasteiger partial charge in [-0.15, -0.1) is 0 Å². The lowest BCUT2D eigenvalue weighted by Gasteiger charge is -2.10. The summed E-state index contributed by atoms with van der Waals surface area (Å²) in [4.78, 5) is 8.23. The Hall–Kier alpha value is -3.92. The number of ether oxygens (including phenoxy) is 2. The molecule has 1 N–H and O–H groups in total. The SMILES string of the molecule is O=S(=O)(CCOc1ccccc1)Nc1ccc(Oc2cc(-n3cccn3)ncn2)cc1. The zero-order valence-electron chi connectivity index (χ0n) is 16.3. The molecule has 4 rings (SSSR count). The second kappa shape index (κ2) is 9.26. The van der Waals surface area contributed by atoms with Gasteiger partial charge in [-0.2, -0.15) is 5.10 Å². The van der Waals surface area contributed by atoms with Crippen LogP contribution in [0.25, 0.3) is 5.82 Å². The van der Waals surface area contributed by atoms with Crippen molar-refractivity contribution in [3.05, 3.63) is 85.5 Å². The zero-order valence-corrected chi connectivity index (χ0v) is 17.1. The molecule has 4 aromatic rings. The Kier molecular flexibility index (Phi) is 6.08. The van der Waals surface area contributed by atoms with E-state index in [2.05, 4.69) is 19.8 Å². The van der Waals surface area contributed by atoms with Crippen LogP contribution >= 0.6 is 0 Å². The van der Waals surface area contributed by atoms with Crippen LogP contribution in [-0.2, 0) is 10.0 Å². The van der Waals surface area contributed by atoms with Crippen molar-refractivity contribution in [2.24, 2.45) is 0 Å². The van der Waals surface area contributed by atoms with Gasteiger partial charge in [0.15, 0.2) is 5.82 Å². The van der Waals surface area contributed by atoms with E-state index in [0.29, 0.717) is 28.9 Å². The summed E-state index contributed by atoms with van der Waals surface area (Å²) in [6.07, 6.45) is 4.79. The number of para-hydroxylation sites is 1. The van der Waals surface area contributed by atoms with E-state index in [-0.39, 0.29) is 12.4 Å². The lowest BCUT2D eigenvalue weighted by molar-refractivity contribution is 0.341. The molecule has 0 saturated heterocycles. The summed E-state index contributed by atoms with van der Waals surface area (Å²) in [7, 11) is -3.55. The molecule has 0 fully saturated rings. The Bertz CT molecular complexity index is 1210. The Morgan fingerprint density at radius 1 is 0.935 bits per heavy atom. The van der Waals surface area contributed by atoms with Crippen LogP contribution in [0.4, 0.5) is 5.69 Å². The normalized spacial score (nSPS) is 11.1. The summed E-state index contributed by atoms with van der Waals surface area (Å²) < 4.78 is 39.8. The number of sulfonamides is 1. The van der Waals surface area contributed by atoms with Crippen molar-refractivity contribution in [2.45, 2.75) is 0 Å². The summed E-state index contributed by atoms with van der Waals surface area (Å²) in [5.41, 5.74) is 0.423. The minimum absolute atomic E-state index is 0.0485. The summed E-state index contributed by atoms with van der Waals surface area (Å²) in [6, 6.07) is 19.0. The first-order valence-corrected chi connectivity index (χ1v) is 11.0. The maximum absolute atomic E-state index is 12.3. The lowest BCUT2D eigenvalue weighted by atomic mass is 10.3. The molecule has 0 amide bonds. The number of rotatable bonds is 9. The van der Waals surface area contributed by atoms with Crippen molar-refractivity contribution < 1.29 is 17.9 Å². The zero-order chi connectivity index (χ0) is 21.5. The molecule has 0 aliphatic rings. The molecule has 0 atom stereocenters. The summed E-state index contributed by atoms with van der Waals surface area (Å²) in [5.74, 6) is 1.86. The van der Waals surface area contributed by atoms with Crippen molar-refractivity contribution in [1.82, 2.24) is 19.7 Å². The van der Waals surface area contributed by atoms with Gasteiger partial charge in [0.2, 0.25) is 15.9 Å². The summed E-state index contributed by atoms with van der Waals surface area (Å²) in [6.45, 7) is 0.0485. The average molecular weight is 437 g/mol. The van der Waals surface area contributed by atoms with Crippen molar-refractivity contribution in [3.63, 3.8) is 0 Å². The molecule has 10 heteroatoms. The molecule has 31 heavy (non-hydrogen) atoms. The molecule has 0 spiro atoms. The fourth-order valence-corrected chi connectivity index (χ4v) is 3.54. The molecule has 2 heterocycles. The van der Waals surface area contributed by atoms with E-state index in [9.17, 15) is 8.42 Å². The van der Waals surface area contributed by atoms with E-state index >= 15 is 0 Å². The van der Waals surface area contributed by atoms with E-state index in [1.807, 2.05) is 18.2 Å². The molecule has 2 aromatic carbocycles. The highest BCUT2D eigenvalue weighted by Crippen LogP contribution is 2.22. The largest absolute Gasteiger partial charge is 0.492 e. The van der Waals surface area contributed by atoms with E-state index in [1.165, 1.54) is 6.33 Å². The highest BCUT2D eigenvalue weighted by atomic mass is 32.2. The van der Waals surface area contributed by atoms with Crippen LogP contribution in [0.5, 0.6) is 17.4 Å². The van der Waals surface area contributed by atoms with E-state index in [1.54, 1.807) is 65.6 Å². The average Bonchev–Trinajstić information content (AvgIpc) is 3.31. The second-order valence-electron chi connectivity index (χ2n) is 6.37. The number of aromatic nitrogens is 4. The number of nitrogens with one attached hydrogen (secondary N) is 1. The van der Waals surface area contributed by atoms with Crippen molar-refractivity contribution in [1.29, 1.82) is 0 Å². The summed E-state index contributed by atoms with van der Waals surface area (Å²) >= 11 is 0. The first-order valence-electron chi connectivity index (χ1n) is 9.36. The van der Waals surface area contributed by atoms with E-state index in [4.69, 9.17) is 9.47 Å². The first-order chi connectivity index (χ1) is 15.1. The van der Waals surface area contributed by atoms with E-state index < -0.39 is 10.0 Å². The molecule has 2 aromatic heterocycles. The van der Waals surface area contributed by atoms with Gasteiger partial charge in [-0.1, -0.05) is 18.2 Å². The van der Waals surface area contributed by atoms with Gasteiger partial charge >= 0.3 is 0 Å². The summed E-state index contributed by atoms with van der Waals surface area (Å²) in [5, 5.41) is 4.12. The minimum Gasteiger partial charge on any atom is -0.492 e. The van der Waals surface area contributed by atoms with Gasteiger partial charge in [0.25, 0.3) is 0 Å². The van der Waals surface area contributed by atoms with Crippen molar-refractivity contribution in [2.75, 3.05) is 17.1 Å². The molecule has 0 bridgehead atoms. The number of nitrogens with zero attached hydrogens (tertiary/aromatic N) is 4. The van der Waals surface area contributed by atoms with Crippen LogP contribution in [0, 0.1) is 0 Å². The molecular formula is C21H19N5O4S. The van der Waals surface area contributed by atoms with Gasteiger partial charge in [-0.25, -0.2) is 23.1 Å². The smallest absolute Gasteiger partial charge is 0.236 e. The molecule has 0 aliphatic heterocycles. The molecule has 9 nitrogen and oxygen atoms in total.